The van der Waals surface area contributed by atoms with Crippen LogP contribution in [0.2, 0.25) is 0 Å². The van der Waals surface area contributed by atoms with Crippen LogP contribution in [0.1, 0.15) is 16.4 Å². The molecule has 1 aliphatic rings. The Labute approximate surface area is 110 Å². The molecule has 0 saturated carbocycles. The van der Waals surface area contributed by atoms with E-state index in [9.17, 15) is 4.79 Å². The molecule has 0 spiro atoms. The normalized spacial score (nSPS) is 18.7. The minimum absolute atomic E-state index is 0.161. The van der Waals surface area contributed by atoms with Crippen molar-refractivity contribution in [1.29, 1.82) is 0 Å². The number of thioether (sulfide) groups is 1. The number of benzene rings is 2. The molecule has 0 aliphatic carbocycles. The first kappa shape index (κ1) is 11.4. The summed E-state index contributed by atoms with van der Waals surface area (Å²) >= 11 is 1.61. The Bertz CT molecular complexity index is 566. The molecule has 0 fully saturated rings. The average Bonchev–Trinajstić information content (AvgIpc) is 2.58. The summed E-state index contributed by atoms with van der Waals surface area (Å²) in [7, 11) is 0. The van der Waals surface area contributed by atoms with Crippen molar-refractivity contribution in [2.75, 3.05) is 5.75 Å². The number of para-hydroxylation sites is 1. The molecule has 3 heteroatoms. The van der Waals surface area contributed by atoms with Gasteiger partial charge in [0.25, 0.3) is 0 Å². The summed E-state index contributed by atoms with van der Waals surface area (Å²) in [4.78, 5) is 11.6. The zero-order valence-electron chi connectivity index (χ0n) is 9.71. The fourth-order valence-corrected chi connectivity index (χ4v) is 3.17. The first-order valence-electron chi connectivity index (χ1n) is 5.81. The van der Waals surface area contributed by atoms with E-state index >= 15 is 0 Å². The number of esters is 1. The Balaban J connectivity index is 2.08. The van der Waals surface area contributed by atoms with Crippen LogP contribution >= 0.6 is 11.8 Å². The van der Waals surface area contributed by atoms with Crippen LogP contribution in [0.5, 0.6) is 5.75 Å². The summed E-state index contributed by atoms with van der Waals surface area (Å²) in [5.74, 6) is 0.890. The Kier molecular flexibility index (Phi) is 3.07. The van der Waals surface area contributed by atoms with Gasteiger partial charge in [-0.2, -0.15) is 0 Å². The van der Waals surface area contributed by atoms with Gasteiger partial charge in [-0.25, -0.2) is 0 Å². The molecule has 0 unspecified atom stereocenters. The van der Waals surface area contributed by atoms with E-state index in [1.165, 1.54) is 5.56 Å². The quantitative estimate of drug-likeness (QED) is 0.577. The van der Waals surface area contributed by atoms with Gasteiger partial charge in [-0.3, -0.25) is 4.79 Å². The van der Waals surface area contributed by atoms with Crippen molar-refractivity contribution in [2.45, 2.75) is 5.25 Å². The first-order valence-corrected chi connectivity index (χ1v) is 6.85. The maximum atomic E-state index is 11.6. The van der Waals surface area contributed by atoms with E-state index in [1.54, 1.807) is 11.8 Å². The lowest BCUT2D eigenvalue weighted by Gasteiger charge is -2.15. The van der Waals surface area contributed by atoms with Crippen molar-refractivity contribution in [2.24, 2.45) is 0 Å². The van der Waals surface area contributed by atoms with Crippen LogP contribution in [0.15, 0.2) is 54.6 Å². The Hall–Kier alpha value is -1.74. The minimum atomic E-state index is -0.175. The molecule has 2 nitrogen and oxygen atoms in total. The van der Waals surface area contributed by atoms with Crippen LogP contribution in [0.3, 0.4) is 0 Å². The number of fused-ring (bicyclic) bond motifs is 1. The van der Waals surface area contributed by atoms with Crippen molar-refractivity contribution in [3.05, 3.63) is 65.7 Å². The van der Waals surface area contributed by atoms with Gasteiger partial charge in [-0.05, 0) is 11.6 Å². The fourth-order valence-electron chi connectivity index (χ4n) is 2.09. The Morgan fingerprint density at radius 1 is 1.00 bits per heavy atom. The summed E-state index contributed by atoms with van der Waals surface area (Å²) < 4.78 is 5.35. The lowest BCUT2D eigenvalue weighted by atomic mass is 10.0. The molecule has 1 aliphatic heterocycles. The number of hydrogen-bond donors (Lipinski definition) is 0. The second-order valence-electron chi connectivity index (χ2n) is 4.11. The van der Waals surface area contributed by atoms with Crippen LogP contribution in [-0.2, 0) is 4.79 Å². The van der Waals surface area contributed by atoms with E-state index in [2.05, 4.69) is 12.1 Å². The molecule has 0 N–H and O–H groups in total. The van der Waals surface area contributed by atoms with Crippen molar-refractivity contribution in [3.8, 4) is 5.75 Å². The number of hydrogen-bond acceptors (Lipinski definition) is 3. The number of carbonyl (C=O) groups excluding carboxylic acids is 1. The van der Waals surface area contributed by atoms with Crippen LogP contribution in [-0.4, -0.2) is 11.7 Å². The third kappa shape index (κ3) is 2.14. The van der Waals surface area contributed by atoms with E-state index in [0.717, 1.165) is 5.56 Å². The summed E-state index contributed by atoms with van der Waals surface area (Å²) in [6.07, 6.45) is 0. The number of rotatable bonds is 1. The molecule has 2 aromatic rings. The predicted octanol–water partition coefficient (Wildman–Crippen LogP) is 3.43. The van der Waals surface area contributed by atoms with Crippen LogP contribution in [0.4, 0.5) is 0 Å². The smallest absolute Gasteiger partial charge is 0.321 e. The number of ether oxygens (including phenoxy) is 1. The maximum absolute atomic E-state index is 11.6. The molecule has 2 aromatic carbocycles. The lowest BCUT2D eigenvalue weighted by molar-refractivity contribution is -0.131. The van der Waals surface area contributed by atoms with E-state index in [4.69, 9.17) is 4.74 Å². The minimum Gasteiger partial charge on any atom is -0.426 e. The van der Waals surface area contributed by atoms with E-state index in [-0.39, 0.29) is 11.2 Å². The van der Waals surface area contributed by atoms with Gasteiger partial charge in [0.1, 0.15) is 5.75 Å². The molecule has 18 heavy (non-hydrogen) atoms. The second-order valence-corrected chi connectivity index (χ2v) is 5.21. The third-order valence-corrected chi connectivity index (χ3v) is 4.16. The van der Waals surface area contributed by atoms with E-state index < -0.39 is 0 Å². The topological polar surface area (TPSA) is 26.3 Å². The SMILES string of the molecule is O=C1CS[C@@H](c2ccccc2)c2ccccc2O1. The first-order chi connectivity index (χ1) is 8.84. The second kappa shape index (κ2) is 4.86. The molecule has 0 saturated heterocycles. The van der Waals surface area contributed by atoms with Crippen molar-refractivity contribution < 1.29 is 9.53 Å². The van der Waals surface area contributed by atoms with E-state index in [1.807, 2.05) is 42.5 Å². The van der Waals surface area contributed by atoms with Crippen LogP contribution in [0.25, 0.3) is 0 Å². The van der Waals surface area contributed by atoms with Crippen molar-refractivity contribution >= 4 is 17.7 Å². The van der Waals surface area contributed by atoms with Crippen LogP contribution in [0, 0.1) is 0 Å². The van der Waals surface area contributed by atoms with E-state index in [0.29, 0.717) is 11.5 Å². The molecule has 0 amide bonds. The molecule has 90 valence electrons. The zero-order chi connectivity index (χ0) is 12.4. The van der Waals surface area contributed by atoms with Gasteiger partial charge in [0, 0.05) is 5.56 Å². The third-order valence-electron chi connectivity index (χ3n) is 2.90. The van der Waals surface area contributed by atoms with Gasteiger partial charge in [-0.15, -0.1) is 11.8 Å². The molecular formula is C15H12O2S. The highest BCUT2D eigenvalue weighted by atomic mass is 32.2. The molecular weight excluding hydrogens is 244 g/mol. The standard InChI is InChI=1S/C15H12O2S/c16-14-10-18-15(11-6-2-1-3-7-11)12-8-4-5-9-13(12)17-14/h1-9,15H,10H2/t15-/m0/s1. The number of carbonyl (C=O) groups is 1. The lowest BCUT2D eigenvalue weighted by Crippen LogP contribution is -2.08. The molecule has 1 atom stereocenters. The maximum Gasteiger partial charge on any atom is 0.321 e. The van der Waals surface area contributed by atoms with Gasteiger partial charge in [0.05, 0.1) is 11.0 Å². The van der Waals surface area contributed by atoms with Gasteiger partial charge in [-0.1, -0.05) is 48.5 Å². The largest absolute Gasteiger partial charge is 0.426 e. The van der Waals surface area contributed by atoms with Crippen molar-refractivity contribution in [3.63, 3.8) is 0 Å². The summed E-state index contributed by atoms with van der Waals surface area (Å²) in [6, 6.07) is 18.0. The van der Waals surface area contributed by atoms with Gasteiger partial charge >= 0.3 is 5.97 Å². The summed E-state index contributed by atoms with van der Waals surface area (Å²) in [5.41, 5.74) is 2.27. The average molecular weight is 256 g/mol. The van der Waals surface area contributed by atoms with Crippen molar-refractivity contribution in [1.82, 2.24) is 0 Å². The molecule has 1 heterocycles. The molecule has 0 bridgehead atoms. The molecule has 0 aromatic heterocycles. The van der Waals surface area contributed by atoms with Gasteiger partial charge in [0.15, 0.2) is 0 Å². The highest BCUT2D eigenvalue weighted by Gasteiger charge is 2.24. The highest BCUT2D eigenvalue weighted by Crippen LogP contribution is 2.42. The van der Waals surface area contributed by atoms with Gasteiger partial charge < -0.3 is 4.74 Å². The van der Waals surface area contributed by atoms with Gasteiger partial charge in [0.2, 0.25) is 0 Å². The zero-order valence-corrected chi connectivity index (χ0v) is 10.5. The molecule has 3 rings (SSSR count). The Morgan fingerprint density at radius 3 is 2.56 bits per heavy atom. The van der Waals surface area contributed by atoms with Crippen LogP contribution < -0.4 is 4.74 Å². The monoisotopic (exact) mass is 256 g/mol. The summed E-state index contributed by atoms with van der Waals surface area (Å²) in [6.45, 7) is 0. The Morgan fingerprint density at radius 2 is 1.72 bits per heavy atom. The fraction of sp³-hybridized carbons (Fsp3) is 0.133. The predicted molar refractivity (Wildman–Crippen MR) is 72.8 cm³/mol. The highest BCUT2D eigenvalue weighted by molar-refractivity contribution is 8.00. The summed E-state index contributed by atoms with van der Waals surface area (Å²) in [5, 5.41) is 0.161. The molecule has 0 radical (unpaired) electrons.